The summed E-state index contributed by atoms with van der Waals surface area (Å²) >= 11 is 6.10. The lowest BCUT2D eigenvalue weighted by atomic mass is 10.1. The van der Waals surface area contributed by atoms with Gasteiger partial charge in [-0.3, -0.25) is 0 Å². The van der Waals surface area contributed by atoms with Crippen molar-refractivity contribution >= 4 is 38.5 Å². The van der Waals surface area contributed by atoms with Crippen LogP contribution in [-0.4, -0.2) is 29.5 Å². The molecule has 0 amide bonds. The molecule has 0 saturated heterocycles. The number of aromatic nitrogens is 3. The van der Waals surface area contributed by atoms with E-state index in [-0.39, 0.29) is 4.90 Å². The SMILES string of the molecule is NS(=O)(=O)c1ccc(CCNc2ncnc3c2c(-c2ccccc2)cn3-c2ccc(Cl)cc2)cc1. The van der Waals surface area contributed by atoms with E-state index in [1.165, 1.54) is 12.1 Å². The van der Waals surface area contributed by atoms with Crippen LogP contribution in [0.15, 0.2) is 96.3 Å². The molecule has 0 radical (unpaired) electrons. The molecule has 2 heterocycles. The first-order chi connectivity index (χ1) is 16.9. The number of halogens is 1. The van der Waals surface area contributed by atoms with E-state index in [0.717, 1.165) is 39.2 Å². The fourth-order valence-electron chi connectivity index (χ4n) is 4.00. The van der Waals surface area contributed by atoms with Crippen LogP contribution in [0.3, 0.4) is 0 Å². The molecule has 0 fully saturated rings. The third kappa shape index (κ3) is 4.90. The molecular formula is C26H22ClN5O2S. The fourth-order valence-corrected chi connectivity index (χ4v) is 4.64. The molecule has 176 valence electrons. The summed E-state index contributed by atoms with van der Waals surface area (Å²) in [7, 11) is -3.70. The van der Waals surface area contributed by atoms with E-state index in [1.807, 2.05) is 47.0 Å². The number of sulfonamides is 1. The maximum atomic E-state index is 11.5. The predicted octanol–water partition coefficient (Wildman–Crippen LogP) is 5.04. The molecule has 9 heteroatoms. The van der Waals surface area contributed by atoms with Crippen molar-refractivity contribution in [2.24, 2.45) is 5.14 Å². The molecule has 35 heavy (non-hydrogen) atoms. The zero-order valence-corrected chi connectivity index (χ0v) is 20.2. The van der Waals surface area contributed by atoms with Crippen molar-refractivity contribution in [3.8, 4) is 16.8 Å². The Morgan fingerprint density at radius 2 is 1.63 bits per heavy atom. The molecule has 7 nitrogen and oxygen atoms in total. The molecule has 0 aliphatic rings. The summed E-state index contributed by atoms with van der Waals surface area (Å²) in [5.74, 6) is 0.725. The molecule has 0 spiro atoms. The third-order valence-electron chi connectivity index (χ3n) is 5.73. The van der Waals surface area contributed by atoms with E-state index in [4.69, 9.17) is 16.7 Å². The Morgan fingerprint density at radius 1 is 0.914 bits per heavy atom. The second kappa shape index (κ2) is 9.50. The molecule has 3 aromatic carbocycles. The highest BCUT2D eigenvalue weighted by atomic mass is 35.5. The van der Waals surface area contributed by atoms with Crippen LogP contribution in [0.5, 0.6) is 0 Å². The van der Waals surface area contributed by atoms with Crippen LogP contribution in [-0.2, 0) is 16.4 Å². The smallest absolute Gasteiger partial charge is 0.238 e. The summed E-state index contributed by atoms with van der Waals surface area (Å²) in [4.78, 5) is 9.23. The lowest BCUT2D eigenvalue weighted by Gasteiger charge is -2.09. The lowest BCUT2D eigenvalue weighted by molar-refractivity contribution is 0.598. The molecule has 5 aromatic rings. The quantitative estimate of drug-likeness (QED) is 0.324. The monoisotopic (exact) mass is 503 g/mol. The Bertz CT molecular complexity index is 1580. The van der Waals surface area contributed by atoms with Crippen LogP contribution < -0.4 is 10.5 Å². The standard InChI is InChI=1S/C26H22ClN5O2S/c27-20-8-10-21(11-9-20)32-16-23(19-4-2-1-3-5-19)24-25(30-17-31-26(24)32)29-15-14-18-6-12-22(13-7-18)35(28,33)34/h1-13,16-17H,14-15H2,(H2,28,33,34)(H,29,30,31). The van der Waals surface area contributed by atoms with Crippen molar-refractivity contribution < 1.29 is 8.42 Å². The van der Waals surface area contributed by atoms with E-state index in [1.54, 1.807) is 18.5 Å². The minimum atomic E-state index is -3.70. The zero-order chi connectivity index (χ0) is 24.4. The molecule has 0 aliphatic carbocycles. The number of anilines is 1. The highest BCUT2D eigenvalue weighted by Crippen LogP contribution is 2.35. The zero-order valence-electron chi connectivity index (χ0n) is 18.6. The second-order valence-corrected chi connectivity index (χ2v) is 10.0. The van der Waals surface area contributed by atoms with Gasteiger partial charge in [0, 0.05) is 29.0 Å². The maximum absolute atomic E-state index is 11.5. The first-order valence-corrected chi connectivity index (χ1v) is 12.9. The van der Waals surface area contributed by atoms with Gasteiger partial charge in [0.2, 0.25) is 10.0 Å². The second-order valence-electron chi connectivity index (χ2n) is 8.04. The van der Waals surface area contributed by atoms with E-state index >= 15 is 0 Å². The van der Waals surface area contributed by atoms with Crippen LogP contribution in [0.25, 0.3) is 27.8 Å². The molecule has 0 atom stereocenters. The Labute approximate surface area is 208 Å². The Morgan fingerprint density at radius 3 is 2.31 bits per heavy atom. The summed E-state index contributed by atoms with van der Waals surface area (Å²) in [5.41, 5.74) is 4.78. The molecule has 3 N–H and O–H groups in total. The van der Waals surface area contributed by atoms with Crippen molar-refractivity contribution in [1.29, 1.82) is 0 Å². The maximum Gasteiger partial charge on any atom is 0.238 e. The van der Waals surface area contributed by atoms with Gasteiger partial charge in [-0.15, -0.1) is 0 Å². The number of benzene rings is 3. The largest absolute Gasteiger partial charge is 0.369 e. The van der Waals surface area contributed by atoms with Gasteiger partial charge in [-0.25, -0.2) is 23.5 Å². The van der Waals surface area contributed by atoms with Gasteiger partial charge in [0.1, 0.15) is 12.1 Å². The van der Waals surface area contributed by atoms with Crippen molar-refractivity contribution in [3.63, 3.8) is 0 Å². The first kappa shape index (κ1) is 23.0. The highest BCUT2D eigenvalue weighted by molar-refractivity contribution is 7.89. The summed E-state index contributed by atoms with van der Waals surface area (Å²) in [5, 5.41) is 10.2. The van der Waals surface area contributed by atoms with Gasteiger partial charge >= 0.3 is 0 Å². The van der Waals surface area contributed by atoms with Gasteiger partial charge in [-0.05, 0) is 53.9 Å². The topological polar surface area (TPSA) is 103 Å². The van der Waals surface area contributed by atoms with Crippen molar-refractivity contribution in [1.82, 2.24) is 14.5 Å². The molecule has 0 saturated carbocycles. The minimum absolute atomic E-state index is 0.0998. The van der Waals surface area contributed by atoms with E-state index in [0.29, 0.717) is 18.0 Å². The first-order valence-electron chi connectivity index (χ1n) is 10.9. The number of hydrogen-bond acceptors (Lipinski definition) is 5. The molecule has 0 unspecified atom stereocenters. The number of primary sulfonamides is 1. The van der Waals surface area contributed by atoms with Crippen LogP contribution in [0.2, 0.25) is 5.02 Å². The van der Waals surface area contributed by atoms with E-state index in [2.05, 4.69) is 33.6 Å². The molecular weight excluding hydrogens is 482 g/mol. The summed E-state index contributed by atoms with van der Waals surface area (Å²) < 4.78 is 25.0. The average molecular weight is 504 g/mol. The van der Waals surface area contributed by atoms with Gasteiger partial charge < -0.3 is 9.88 Å². The number of hydrogen-bond donors (Lipinski definition) is 2. The molecule has 2 aromatic heterocycles. The van der Waals surface area contributed by atoms with Gasteiger partial charge in [-0.1, -0.05) is 54.1 Å². The van der Waals surface area contributed by atoms with Crippen LogP contribution in [0.1, 0.15) is 5.56 Å². The Hall–Kier alpha value is -3.72. The lowest BCUT2D eigenvalue weighted by Crippen LogP contribution is -2.12. The molecule has 5 rings (SSSR count). The molecule has 0 bridgehead atoms. The summed E-state index contributed by atoms with van der Waals surface area (Å²) in [6, 6.07) is 24.3. The van der Waals surface area contributed by atoms with Gasteiger partial charge in [0.25, 0.3) is 0 Å². The summed E-state index contributed by atoms with van der Waals surface area (Å²) in [6.45, 7) is 0.598. The van der Waals surface area contributed by atoms with Crippen LogP contribution >= 0.6 is 11.6 Å². The number of rotatable bonds is 7. The predicted molar refractivity (Wildman–Crippen MR) is 139 cm³/mol. The van der Waals surface area contributed by atoms with Gasteiger partial charge in [-0.2, -0.15) is 0 Å². The minimum Gasteiger partial charge on any atom is -0.369 e. The average Bonchev–Trinajstić information content (AvgIpc) is 3.25. The number of nitrogens with one attached hydrogen (secondary N) is 1. The Balaban J connectivity index is 1.49. The van der Waals surface area contributed by atoms with Crippen molar-refractivity contribution in [2.45, 2.75) is 11.3 Å². The van der Waals surface area contributed by atoms with Crippen LogP contribution in [0, 0.1) is 0 Å². The fraction of sp³-hybridized carbons (Fsp3) is 0.0769. The van der Waals surface area contributed by atoms with Crippen LogP contribution in [0.4, 0.5) is 5.82 Å². The van der Waals surface area contributed by atoms with E-state index in [9.17, 15) is 8.42 Å². The van der Waals surface area contributed by atoms with Gasteiger partial charge in [0.05, 0.1) is 10.3 Å². The number of nitrogens with zero attached hydrogens (tertiary/aromatic N) is 3. The van der Waals surface area contributed by atoms with Crippen molar-refractivity contribution in [3.05, 3.63) is 102 Å². The van der Waals surface area contributed by atoms with Gasteiger partial charge in [0.15, 0.2) is 5.65 Å². The normalized spacial score (nSPS) is 11.6. The summed E-state index contributed by atoms with van der Waals surface area (Å²) in [6.07, 6.45) is 4.29. The van der Waals surface area contributed by atoms with E-state index < -0.39 is 10.0 Å². The number of nitrogens with two attached hydrogens (primary N) is 1. The number of fused-ring (bicyclic) bond motifs is 1. The molecule has 0 aliphatic heterocycles. The van der Waals surface area contributed by atoms with Crippen molar-refractivity contribution in [2.75, 3.05) is 11.9 Å². The Kier molecular flexibility index (Phi) is 6.25. The highest BCUT2D eigenvalue weighted by Gasteiger charge is 2.17. The third-order valence-corrected chi connectivity index (χ3v) is 6.91.